The second kappa shape index (κ2) is 8.52. The Bertz CT molecular complexity index is 1160. The van der Waals surface area contributed by atoms with Crippen molar-refractivity contribution in [2.24, 2.45) is 11.8 Å². The highest BCUT2D eigenvalue weighted by atomic mass is 32.1. The highest BCUT2D eigenvalue weighted by molar-refractivity contribution is 7.10. The van der Waals surface area contributed by atoms with Gasteiger partial charge < -0.3 is 0 Å². The van der Waals surface area contributed by atoms with Gasteiger partial charge in [0.1, 0.15) is 0 Å². The van der Waals surface area contributed by atoms with Crippen molar-refractivity contribution in [3.8, 4) is 0 Å². The van der Waals surface area contributed by atoms with Gasteiger partial charge in [-0.1, -0.05) is 111 Å². The van der Waals surface area contributed by atoms with Crippen LogP contribution in [0.1, 0.15) is 66.9 Å². The van der Waals surface area contributed by atoms with Gasteiger partial charge in [0.15, 0.2) is 0 Å². The second-order valence-electron chi connectivity index (χ2n) is 9.91. The molecule has 2 aliphatic carbocycles. The summed E-state index contributed by atoms with van der Waals surface area (Å²) in [6.07, 6.45) is 9.67. The molecule has 0 radical (unpaired) electrons. The first kappa shape index (κ1) is 20.2. The van der Waals surface area contributed by atoms with E-state index in [1.807, 2.05) is 11.3 Å². The van der Waals surface area contributed by atoms with Crippen LogP contribution >= 0.6 is 11.3 Å². The van der Waals surface area contributed by atoms with Crippen LogP contribution in [0.5, 0.6) is 0 Å². The summed E-state index contributed by atoms with van der Waals surface area (Å²) in [7, 11) is 0. The van der Waals surface area contributed by atoms with Crippen LogP contribution in [0.25, 0.3) is 10.8 Å². The molecule has 2 saturated carbocycles. The van der Waals surface area contributed by atoms with Gasteiger partial charge >= 0.3 is 0 Å². The quantitative estimate of drug-likeness (QED) is 0.299. The molecule has 3 unspecified atom stereocenters. The van der Waals surface area contributed by atoms with Gasteiger partial charge in [0.05, 0.1) is 0 Å². The van der Waals surface area contributed by atoms with E-state index in [0.717, 1.165) is 5.92 Å². The lowest BCUT2D eigenvalue weighted by molar-refractivity contribution is 0.190. The summed E-state index contributed by atoms with van der Waals surface area (Å²) in [5, 5.41) is 5.10. The largest absolute Gasteiger partial charge is 0.149 e. The average molecular weight is 437 g/mol. The molecule has 2 aliphatic rings. The number of thiophene rings is 1. The monoisotopic (exact) mass is 436 g/mol. The molecule has 32 heavy (non-hydrogen) atoms. The summed E-state index contributed by atoms with van der Waals surface area (Å²) in [6.45, 7) is 0. The Morgan fingerprint density at radius 3 is 2.25 bits per heavy atom. The van der Waals surface area contributed by atoms with Crippen molar-refractivity contribution in [3.05, 3.63) is 106 Å². The van der Waals surface area contributed by atoms with Crippen molar-refractivity contribution in [1.82, 2.24) is 0 Å². The zero-order valence-electron chi connectivity index (χ0n) is 18.8. The van der Waals surface area contributed by atoms with Gasteiger partial charge in [0.2, 0.25) is 0 Å². The second-order valence-corrected chi connectivity index (χ2v) is 10.9. The van der Waals surface area contributed by atoms with Crippen LogP contribution < -0.4 is 0 Å². The number of hydrogen-bond donors (Lipinski definition) is 0. The third kappa shape index (κ3) is 3.17. The van der Waals surface area contributed by atoms with Crippen molar-refractivity contribution in [2.75, 3.05) is 0 Å². The van der Waals surface area contributed by atoms with Gasteiger partial charge in [-0.05, 0) is 58.0 Å². The van der Waals surface area contributed by atoms with Gasteiger partial charge in [-0.15, -0.1) is 11.3 Å². The summed E-state index contributed by atoms with van der Waals surface area (Å²) in [5.41, 5.74) is 3.13. The summed E-state index contributed by atoms with van der Waals surface area (Å²) < 4.78 is 0. The smallest absolute Gasteiger partial charge is 0.0316 e. The van der Waals surface area contributed by atoms with Crippen LogP contribution in [0.2, 0.25) is 0 Å². The van der Waals surface area contributed by atoms with Gasteiger partial charge in [0, 0.05) is 16.2 Å². The molecule has 1 aromatic heterocycles. The van der Waals surface area contributed by atoms with Gasteiger partial charge in [-0.25, -0.2) is 0 Å². The van der Waals surface area contributed by atoms with Crippen LogP contribution in [-0.2, 0) is 5.41 Å². The molecule has 6 rings (SSSR count). The molecule has 1 heteroatoms. The molecule has 0 amide bonds. The van der Waals surface area contributed by atoms with Crippen molar-refractivity contribution in [3.63, 3.8) is 0 Å². The Kier molecular flexibility index (Phi) is 5.39. The molecule has 0 saturated heterocycles. The molecule has 2 fully saturated rings. The lowest BCUT2D eigenvalue weighted by atomic mass is 9.57. The van der Waals surface area contributed by atoms with Crippen LogP contribution in [0.15, 0.2) is 90.3 Å². The Morgan fingerprint density at radius 1 is 0.656 bits per heavy atom. The van der Waals surface area contributed by atoms with Crippen LogP contribution in [0.4, 0.5) is 0 Å². The fraction of sp³-hybridized carbons (Fsp3) is 0.355. The van der Waals surface area contributed by atoms with E-state index >= 15 is 0 Å². The molecule has 1 heterocycles. The van der Waals surface area contributed by atoms with Gasteiger partial charge in [-0.2, -0.15) is 0 Å². The normalized spacial score (nSPS) is 26.5. The fourth-order valence-electron chi connectivity index (χ4n) is 7.32. The number of hydrogen-bond acceptors (Lipinski definition) is 1. The number of benzene rings is 3. The summed E-state index contributed by atoms with van der Waals surface area (Å²) in [6, 6.07) is 32.4. The fourth-order valence-corrected chi connectivity index (χ4v) is 8.26. The van der Waals surface area contributed by atoms with E-state index in [4.69, 9.17) is 0 Å². The topological polar surface area (TPSA) is 0 Å². The van der Waals surface area contributed by atoms with E-state index in [2.05, 4.69) is 90.3 Å². The highest BCUT2D eigenvalue weighted by Gasteiger charge is 2.55. The summed E-state index contributed by atoms with van der Waals surface area (Å²) in [4.78, 5) is 1.57. The lowest BCUT2D eigenvalue weighted by Gasteiger charge is -2.46. The first-order valence-corrected chi connectivity index (χ1v) is 13.3. The van der Waals surface area contributed by atoms with Gasteiger partial charge in [-0.3, -0.25) is 0 Å². The molecule has 0 N–H and O–H groups in total. The van der Waals surface area contributed by atoms with E-state index in [1.54, 1.807) is 10.4 Å². The first-order chi connectivity index (χ1) is 15.9. The van der Waals surface area contributed by atoms with Crippen molar-refractivity contribution >= 4 is 22.1 Å². The standard InChI is InChI=1S/C31H32S/c1-3-12-24(13-4-1)27-20-21-29(30-19-10-22-32-30)31(27,25-15-5-2-6-16-25)28-18-9-14-23-11-7-8-17-26(23)28/h2,5-11,14-19,22,24,27,29H,1,3-4,12-13,20-21H2. The molecule has 0 spiro atoms. The average Bonchev–Trinajstić information content (AvgIpc) is 3.53. The van der Waals surface area contributed by atoms with Crippen LogP contribution in [0, 0.1) is 11.8 Å². The van der Waals surface area contributed by atoms with E-state index in [9.17, 15) is 0 Å². The molecule has 3 atom stereocenters. The SMILES string of the molecule is c1ccc(C2(c3cccc4ccccc34)C(c3cccs3)CCC2C2CCCCC2)cc1. The van der Waals surface area contributed by atoms with Gasteiger partial charge in [0.25, 0.3) is 0 Å². The molecule has 162 valence electrons. The van der Waals surface area contributed by atoms with Crippen molar-refractivity contribution < 1.29 is 0 Å². The number of rotatable bonds is 4. The zero-order chi connectivity index (χ0) is 21.4. The molecular formula is C31H32S. The maximum Gasteiger partial charge on any atom is 0.0316 e. The number of fused-ring (bicyclic) bond motifs is 1. The molecule has 3 aromatic carbocycles. The van der Waals surface area contributed by atoms with Crippen LogP contribution in [-0.4, -0.2) is 0 Å². The summed E-state index contributed by atoms with van der Waals surface area (Å²) >= 11 is 1.97. The molecule has 4 aromatic rings. The minimum Gasteiger partial charge on any atom is -0.149 e. The highest BCUT2D eigenvalue weighted by Crippen LogP contribution is 2.63. The Morgan fingerprint density at radius 2 is 1.44 bits per heavy atom. The third-order valence-electron chi connectivity index (χ3n) is 8.49. The van der Waals surface area contributed by atoms with E-state index < -0.39 is 0 Å². The van der Waals surface area contributed by atoms with E-state index in [0.29, 0.717) is 11.8 Å². The maximum atomic E-state index is 2.47. The van der Waals surface area contributed by atoms with Crippen LogP contribution in [0.3, 0.4) is 0 Å². The Balaban J connectivity index is 1.67. The predicted octanol–water partition coefficient (Wildman–Crippen LogP) is 8.96. The lowest BCUT2D eigenvalue weighted by Crippen LogP contribution is -2.41. The van der Waals surface area contributed by atoms with E-state index in [-0.39, 0.29) is 5.41 Å². The Labute approximate surface area is 196 Å². The molecule has 0 bridgehead atoms. The maximum absolute atomic E-state index is 2.47. The Hall–Kier alpha value is -2.38. The molecular weight excluding hydrogens is 404 g/mol. The van der Waals surface area contributed by atoms with Crippen molar-refractivity contribution in [2.45, 2.75) is 56.3 Å². The molecule has 0 nitrogen and oxygen atoms in total. The summed E-state index contributed by atoms with van der Waals surface area (Å²) in [5.74, 6) is 2.07. The first-order valence-electron chi connectivity index (χ1n) is 12.5. The predicted molar refractivity (Wildman–Crippen MR) is 138 cm³/mol. The minimum absolute atomic E-state index is 0.0367. The minimum atomic E-state index is 0.0367. The van der Waals surface area contributed by atoms with Crippen molar-refractivity contribution in [1.29, 1.82) is 0 Å². The van der Waals surface area contributed by atoms with E-state index in [1.165, 1.54) is 61.3 Å². The molecule has 0 aliphatic heterocycles. The zero-order valence-corrected chi connectivity index (χ0v) is 19.6. The third-order valence-corrected chi connectivity index (χ3v) is 9.48.